The highest BCUT2D eigenvalue weighted by molar-refractivity contribution is 5.94. The Labute approximate surface area is 147 Å². The highest BCUT2D eigenvalue weighted by Gasteiger charge is 2.37. The van der Waals surface area contributed by atoms with Crippen LogP contribution in [-0.4, -0.2) is 53.8 Å². The van der Waals surface area contributed by atoms with Crippen LogP contribution in [0, 0.1) is 11.8 Å². The average Bonchev–Trinajstić information content (AvgIpc) is 3.02. The van der Waals surface area contributed by atoms with Gasteiger partial charge in [0.15, 0.2) is 0 Å². The van der Waals surface area contributed by atoms with Crippen molar-refractivity contribution in [3.63, 3.8) is 0 Å². The summed E-state index contributed by atoms with van der Waals surface area (Å²) in [7, 11) is 0. The number of amides is 2. The minimum absolute atomic E-state index is 0.0359. The van der Waals surface area contributed by atoms with E-state index in [1.807, 2.05) is 0 Å². The third kappa shape index (κ3) is 4.76. The van der Waals surface area contributed by atoms with Gasteiger partial charge in [-0.2, -0.15) is 0 Å². The summed E-state index contributed by atoms with van der Waals surface area (Å²) in [6, 6.07) is 2.84. The molecule has 136 valence electrons. The van der Waals surface area contributed by atoms with Crippen molar-refractivity contribution in [1.29, 1.82) is 0 Å². The molecule has 2 fully saturated rings. The van der Waals surface area contributed by atoms with Gasteiger partial charge in [-0.3, -0.25) is 14.6 Å². The molecule has 3 atom stereocenters. The topological polar surface area (TPSA) is 101 Å². The molecular weight excluding hydrogens is 322 g/mol. The normalized spacial score (nSPS) is 27.0. The number of hydrogen-bond donors (Lipinski definition) is 3. The number of aromatic nitrogens is 1. The molecule has 2 heterocycles. The lowest BCUT2D eigenvalue weighted by Crippen LogP contribution is -2.40. The summed E-state index contributed by atoms with van der Waals surface area (Å²) in [6.45, 7) is 2.17. The van der Waals surface area contributed by atoms with E-state index in [0.29, 0.717) is 30.9 Å². The molecule has 0 radical (unpaired) electrons. The molecule has 3 N–H and O–H groups in total. The molecule has 1 saturated carbocycles. The second-order valence-corrected chi connectivity index (χ2v) is 6.85. The van der Waals surface area contributed by atoms with Gasteiger partial charge in [0.1, 0.15) is 0 Å². The number of carbonyl (C=O) groups excluding carboxylic acids is 2. The van der Waals surface area contributed by atoms with Crippen LogP contribution in [0.25, 0.3) is 0 Å². The molecule has 1 aromatic rings. The fourth-order valence-corrected chi connectivity index (χ4v) is 3.48. The SMILES string of the molecule is O=C(N[C@H]1C[C@H](C(=O)NCC2CCOCC2)C[C@@H]1O)c1ccncc1. The lowest BCUT2D eigenvalue weighted by atomic mass is 9.99. The number of pyridine rings is 1. The standard InChI is InChI=1S/C18H25N3O4/c22-16-10-14(17(23)20-11-12-3-7-25-8-4-12)9-15(16)21-18(24)13-1-5-19-6-2-13/h1-2,5-6,12,14-16,22H,3-4,7-11H2,(H,20,23)(H,21,24)/t14-,15-,16-/m0/s1. The Morgan fingerprint density at radius 2 is 1.92 bits per heavy atom. The Kier molecular flexibility index (Phi) is 5.99. The summed E-state index contributed by atoms with van der Waals surface area (Å²) in [6.07, 6.45) is 5.16. The number of nitrogens with one attached hydrogen (secondary N) is 2. The van der Waals surface area contributed by atoms with Crippen molar-refractivity contribution in [3.8, 4) is 0 Å². The molecule has 25 heavy (non-hydrogen) atoms. The van der Waals surface area contributed by atoms with Crippen LogP contribution in [0.2, 0.25) is 0 Å². The molecule has 2 amide bonds. The van der Waals surface area contributed by atoms with E-state index >= 15 is 0 Å². The Balaban J connectivity index is 1.47. The van der Waals surface area contributed by atoms with Crippen LogP contribution in [0.4, 0.5) is 0 Å². The summed E-state index contributed by atoms with van der Waals surface area (Å²) in [4.78, 5) is 28.4. The monoisotopic (exact) mass is 347 g/mol. The van der Waals surface area contributed by atoms with E-state index in [1.165, 1.54) is 0 Å². The van der Waals surface area contributed by atoms with Gasteiger partial charge in [0.25, 0.3) is 5.91 Å². The summed E-state index contributed by atoms with van der Waals surface area (Å²) in [5.74, 6) is -0.0929. The van der Waals surface area contributed by atoms with Crippen LogP contribution in [-0.2, 0) is 9.53 Å². The third-order valence-corrected chi connectivity index (χ3v) is 5.06. The van der Waals surface area contributed by atoms with Crippen molar-refractivity contribution in [2.75, 3.05) is 19.8 Å². The minimum atomic E-state index is -0.704. The maximum atomic E-state index is 12.4. The van der Waals surface area contributed by atoms with E-state index in [4.69, 9.17) is 4.74 Å². The van der Waals surface area contributed by atoms with Gasteiger partial charge in [-0.1, -0.05) is 0 Å². The van der Waals surface area contributed by atoms with Gasteiger partial charge in [-0.15, -0.1) is 0 Å². The zero-order chi connectivity index (χ0) is 17.6. The second-order valence-electron chi connectivity index (χ2n) is 6.85. The minimum Gasteiger partial charge on any atom is -0.391 e. The van der Waals surface area contributed by atoms with E-state index in [0.717, 1.165) is 26.1 Å². The molecule has 7 nitrogen and oxygen atoms in total. The predicted octanol–water partition coefficient (Wildman–Crippen LogP) is 0.494. The molecule has 0 spiro atoms. The van der Waals surface area contributed by atoms with Gasteiger partial charge in [-0.25, -0.2) is 0 Å². The van der Waals surface area contributed by atoms with Gasteiger partial charge in [0, 0.05) is 43.6 Å². The summed E-state index contributed by atoms with van der Waals surface area (Å²) in [5, 5.41) is 16.0. The van der Waals surface area contributed by atoms with Crippen molar-refractivity contribution < 1.29 is 19.4 Å². The Morgan fingerprint density at radius 1 is 1.20 bits per heavy atom. The van der Waals surface area contributed by atoms with Gasteiger partial charge in [0.2, 0.25) is 5.91 Å². The van der Waals surface area contributed by atoms with Crippen LogP contribution >= 0.6 is 0 Å². The molecule has 1 aliphatic heterocycles. The van der Waals surface area contributed by atoms with Crippen LogP contribution in [0.5, 0.6) is 0 Å². The number of rotatable bonds is 5. The molecule has 3 rings (SSSR count). The van der Waals surface area contributed by atoms with E-state index in [2.05, 4.69) is 15.6 Å². The highest BCUT2D eigenvalue weighted by atomic mass is 16.5. The zero-order valence-electron chi connectivity index (χ0n) is 14.2. The maximum absolute atomic E-state index is 12.4. The van der Waals surface area contributed by atoms with Crippen LogP contribution in [0.3, 0.4) is 0 Å². The molecular formula is C18H25N3O4. The van der Waals surface area contributed by atoms with Gasteiger partial charge in [-0.05, 0) is 43.7 Å². The molecule has 1 saturated heterocycles. The third-order valence-electron chi connectivity index (χ3n) is 5.06. The van der Waals surface area contributed by atoms with Crippen LogP contribution in [0.15, 0.2) is 24.5 Å². The van der Waals surface area contributed by atoms with Crippen molar-refractivity contribution in [1.82, 2.24) is 15.6 Å². The first-order valence-corrected chi connectivity index (χ1v) is 8.88. The van der Waals surface area contributed by atoms with E-state index in [-0.39, 0.29) is 17.7 Å². The molecule has 7 heteroatoms. The zero-order valence-corrected chi connectivity index (χ0v) is 14.2. The van der Waals surface area contributed by atoms with Crippen molar-refractivity contribution in [2.24, 2.45) is 11.8 Å². The molecule has 0 aromatic carbocycles. The smallest absolute Gasteiger partial charge is 0.251 e. The van der Waals surface area contributed by atoms with E-state index < -0.39 is 12.1 Å². The summed E-state index contributed by atoms with van der Waals surface area (Å²) < 4.78 is 5.32. The molecule has 2 aliphatic rings. The van der Waals surface area contributed by atoms with Crippen LogP contribution < -0.4 is 10.6 Å². The fraction of sp³-hybridized carbons (Fsp3) is 0.611. The van der Waals surface area contributed by atoms with Crippen molar-refractivity contribution in [3.05, 3.63) is 30.1 Å². The molecule has 0 unspecified atom stereocenters. The lowest BCUT2D eigenvalue weighted by Gasteiger charge is -2.23. The number of hydrogen-bond acceptors (Lipinski definition) is 5. The lowest BCUT2D eigenvalue weighted by molar-refractivity contribution is -0.125. The largest absolute Gasteiger partial charge is 0.391 e. The van der Waals surface area contributed by atoms with Gasteiger partial charge in [0.05, 0.1) is 12.1 Å². The second kappa shape index (κ2) is 8.40. The number of aliphatic hydroxyl groups excluding tert-OH is 1. The number of ether oxygens (including phenoxy) is 1. The number of nitrogens with zero attached hydrogens (tertiary/aromatic N) is 1. The first-order chi connectivity index (χ1) is 12.1. The van der Waals surface area contributed by atoms with Gasteiger partial charge < -0.3 is 20.5 Å². The maximum Gasteiger partial charge on any atom is 0.251 e. The molecule has 1 aliphatic carbocycles. The van der Waals surface area contributed by atoms with Crippen LogP contribution in [0.1, 0.15) is 36.0 Å². The first kappa shape index (κ1) is 17.8. The average molecular weight is 347 g/mol. The van der Waals surface area contributed by atoms with Crippen molar-refractivity contribution >= 4 is 11.8 Å². The first-order valence-electron chi connectivity index (χ1n) is 8.88. The van der Waals surface area contributed by atoms with E-state index in [1.54, 1.807) is 24.5 Å². The summed E-state index contributed by atoms with van der Waals surface area (Å²) >= 11 is 0. The van der Waals surface area contributed by atoms with Gasteiger partial charge >= 0.3 is 0 Å². The summed E-state index contributed by atoms with van der Waals surface area (Å²) in [5.41, 5.74) is 0.495. The predicted molar refractivity (Wildman–Crippen MR) is 90.8 cm³/mol. The molecule has 1 aromatic heterocycles. The Hall–Kier alpha value is -1.99. The Morgan fingerprint density at radius 3 is 2.64 bits per heavy atom. The number of aliphatic hydroxyl groups is 1. The molecule has 0 bridgehead atoms. The quantitative estimate of drug-likeness (QED) is 0.720. The highest BCUT2D eigenvalue weighted by Crippen LogP contribution is 2.27. The fourth-order valence-electron chi connectivity index (χ4n) is 3.48. The number of carbonyl (C=O) groups is 2. The van der Waals surface area contributed by atoms with E-state index in [9.17, 15) is 14.7 Å². The Bertz CT molecular complexity index is 589. The van der Waals surface area contributed by atoms with Crippen molar-refractivity contribution in [2.45, 2.75) is 37.8 Å².